The highest BCUT2D eigenvalue weighted by Crippen LogP contribution is 2.11. The maximum Gasteiger partial charge on any atom is 0.0550 e. The van der Waals surface area contributed by atoms with E-state index in [1.807, 2.05) is 6.92 Å². The molecule has 3 N–H and O–H groups in total. The van der Waals surface area contributed by atoms with Gasteiger partial charge < -0.3 is 15.6 Å². The van der Waals surface area contributed by atoms with E-state index >= 15 is 0 Å². The highest BCUT2D eigenvalue weighted by atomic mass is 16.5. The number of hydrogen-bond acceptors (Lipinski definition) is 3. The van der Waals surface area contributed by atoms with E-state index in [1.165, 1.54) is 0 Å². The van der Waals surface area contributed by atoms with Crippen LogP contribution in [0.1, 0.15) is 6.92 Å². The minimum Gasteiger partial charge on any atom is -0.396 e. The van der Waals surface area contributed by atoms with Gasteiger partial charge in [-0.15, -0.1) is 0 Å². The Labute approximate surface area is 55.8 Å². The molecule has 0 aromatic heterocycles. The summed E-state index contributed by atoms with van der Waals surface area (Å²) in [6.45, 7) is 2.94. The molecule has 0 aliphatic heterocycles. The van der Waals surface area contributed by atoms with Crippen molar-refractivity contribution < 1.29 is 9.84 Å². The fraction of sp³-hybridized carbons (Fsp3) is 1.00. The van der Waals surface area contributed by atoms with E-state index in [1.54, 1.807) is 7.11 Å². The number of hydrogen-bond donors (Lipinski definition) is 2. The second-order valence-corrected chi connectivity index (χ2v) is 2.61. The Bertz CT molecular complexity index is 71.5. The van der Waals surface area contributed by atoms with Gasteiger partial charge in [0.25, 0.3) is 0 Å². The molecule has 0 aromatic carbocycles. The van der Waals surface area contributed by atoms with Crippen LogP contribution >= 0.6 is 0 Å². The van der Waals surface area contributed by atoms with Crippen LogP contribution in [0.4, 0.5) is 0 Å². The van der Waals surface area contributed by atoms with E-state index in [0.29, 0.717) is 13.2 Å². The summed E-state index contributed by atoms with van der Waals surface area (Å²) in [4.78, 5) is 0. The predicted molar refractivity (Wildman–Crippen MR) is 36.1 cm³/mol. The van der Waals surface area contributed by atoms with Crippen LogP contribution in [0.25, 0.3) is 0 Å². The molecule has 0 spiro atoms. The van der Waals surface area contributed by atoms with E-state index in [0.717, 1.165) is 0 Å². The molecule has 1 atom stereocenters. The molecule has 0 radical (unpaired) electrons. The lowest BCUT2D eigenvalue weighted by atomic mass is 9.94. The molecule has 0 saturated carbocycles. The zero-order valence-electron chi connectivity index (χ0n) is 6.05. The average molecular weight is 133 g/mol. The average Bonchev–Trinajstić information content (AvgIpc) is 1.89. The third-order valence-corrected chi connectivity index (χ3v) is 1.37. The molecule has 3 heteroatoms. The largest absolute Gasteiger partial charge is 0.396 e. The summed E-state index contributed by atoms with van der Waals surface area (Å²) in [7, 11) is 1.60. The van der Waals surface area contributed by atoms with Crippen molar-refractivity contribution in [2.24, 2.45) is 11.1 Å². The van der Waals surface area contributed by atoms with Crippen LogP contribution in [0.2, 0.25) is 0 Å². The molecule has 0 saturated heterocycles. The fourth-order valence-corrected chi connectivity index (χ4v) is 0.518. The Morgan fingerprint density at radius 3 is 2.33 bits per heavy atom. The lowest BCUT2D eigenvalue weighted by Crippen LogP contribution is -2.35. The summed E-state index contributed by atoms with van der Waals surface area (Å²) in [5.74, 6) is 0. The van der Waals surface area contributed by atoms with E-state index in [2.05, 4.69) is 0 Å². The van der Waals surface area contributed by atoms with Gasteiger partial charge in [-0.2, -0.15) is 0 Å². The van der Waals surface area contributed by atoms with Gasteiger partial charge in [-0.25, -0.2) is 0 Å². The van der Waals surface area contributed by atoms with Gasteiger partial charge in [0.2, 0.25) is 0 Å². The smallest absolute Gasteiger partial charge is 0.0550 e. The molecule has 0 bridgehead atoms. The number of ether oxygens (including phenoxy) is 1. The van der Waals surface area contributed by atoms with Crippen molar-refractivity contribution in [3.63, 3.8) is 0 Å². The predicted octanol–water partition coefficient (Wildman–Crippen LogP) is -0.410. The molecule has 0 rings (SSSR count). The summed E-state index contributed by atoms with van der Waals surface area (Å²) in [5.41, 5.74) is 5.11. The summed E-state index contributed by atoms with van der Waals surface area (Å²) in [6.07, 6.45) is 0. The third kappa shape index (κ3) is 2.79. The van der Waals surface area contributed by atoms with Crippen molar-refractivity contribution in [2.45, 2.75) is 6.92 Å². The number of rotatable bonds is 4. The topological polar surface area (TPSA) is 55.5 Å². The Kier molecular flexibility index (Phi) is 3.77. The maximum absolute atomic E-state index is 8.76. The van der Waals surface area contributed by atoms with Crippen LogP contribution in [0.15, 0.2) is 0 Å². The third-order valence-electron chi connectivity index (χ3n) is 1.37. The SMILES string of the molecule is COCC(C)(CN)CO. The quantitative estimate of drug-likeness (QED) is 0.548. The van der Waals surface area contributed by atoms with Crippen molar-refractivity contribution >= 4 is 0 Å². The number of methoxy groups -OCH3 is 1. The molecule has 0 amide bonds. The summed E-state index contributed by atoms with van der Waals surface area (Å²) in [5, 5.41) is 8.76. The zero-order chi connectivity index (χ0) is 7.33. The highest BCUT2D eigenvalue weighted by Gasteiger charge is 2.20. The van der Waals surface area contributed by atoms with E-state index < -0.39 is 0 Å². The number of aliphatic hydroxyl groups is 1. The van der Waals surface area contributed by atoms with Gasteiger partial charge in [-0.3, -0.25) is 0 Å². The molecule has 0 aromatic rings. The molecule has 3 nitrogen and oxygen atoms in total. The van der Waals surface area contributed by atoms with Gasteiger partial charge in [0.15, 0.2) is 0 Å². The minimum absolute atomic E-state index is 0.0807. The summed E-state index contributed by atoms with van der Waals surface area (Å²) < 4.78 is 4.85. The van der Waals surface area contributed by atoms with Crippen LogP contribution < -0.4 is 5.73 Å². The Morgan fingerprint density at radius 1 is 1.67 bits per heavy atom. The first-order valence-electron chi connectivity index (χ1n) is 2.98. The Balaban J connectivity index is 3.62. The van der Waals surface area contributed by atoms with E-state index in [9.17, 15) is 0 Å². The highest BCUT2D eigenvalue weighted by molar-refractivity contribution is 4.72. The monoisotopic (exact) mass is 133 g/mol. The van der Waals surface area contributed by atoms with Gasteiger partial charge in [0, 0.05) is 19.1 Å². The van der Waals surface area contributed by atoms with Crippen LogP contribution in [-0.2, 0) is 4.74 Å². The van der Waals surface area contributed by atoms with Crippen molar-refractivity contribution in [3.8, 4) is 0 Å². The van der Waals surface area contributed by atoms with Crippen molar-refractivity contribution in [1.82, 2.24) is 0 Å². The van der Waals surface area contributed by atoms with E-state index in [4.69, 9.17) is 15.6 Å². The second kappa shape index (κ2) is 3.82. The van der Waals surface area contributed by atoms with Crippen LogP contribution in [0.5, 0.6) is 0 Å². The zero-order valence-corrected chi connectivity index (χ0v) is 6.05. The van der Waals surface area contributed by atoms with E-state index in [-0.39, 0.29) is 12.0 Å². The lowest BCUT2D eigenvalue weighted by molar-refractivity contribution is 0.0486. The van der Waals surface area contributed by atoms with Gasteiger partial charge in [-0.1, -0.05) is 6.92 Å². The van der Waals surface area contributed by atoms with Crippen molar-refractivity contribution in [2.75, 3.05) is 26.9 Å². The van der Waals surface area contributed by atoms with Crippen molar-refractivity contribution in [3.05, 3.63) is 0 Å². The normalized spacial score (nSPS) is 17.3. The Morgan fingerprint density at radius 2 is 2.22 bits per heavy atom. The first kappa shape index (κ1) is 8.88. The number of nitrogens with two attached hydrogens (primary N) is 1. The lowest BCUT2D eigenvalue weighted by Gasteiger charge is -2.23. The van der Waals surface area contributed by atoms with Crippen LogP contribution in [0, 0.1) is 5.41 Å². The van der Waals surface area contributed by atoms with Gasteiger partial charge in [-0.05, 0) is 0 Å². The molecule has 0 heterocycles. The van der Waals surface area contributed by atoms with Gasteiger partial charge in [0.1, 0.15) is 0 Å². The molecule has 0 fully saturated rings. The maximum atomic E-state index is 8.76. The second-order valence-electron chi connectivity index (χ2n) is 2.61. The van der Waals surface area contributed by atoms with Crippen LogP contribution in [0.3, 0.4) is 0 Å². The number of aliphatic hydroxyl groups excluding tert-OH is 1. The van der Waals surface area contributed by atoms with Crippen LogP contribution in [-0.4, -0.2) is 32.0 Å². The molecule has 9 heavy (non-hydrogen) atoms. The summed E-state index contributed by atoms with van der Waals surface area (Å²) in [6, 6.07) is 0. The van der Waals surface area contributed by atoms with Gasteiger partial charge in [0.05, 0.1) is 13.2 Å². The van der Waals surface area contributed by atoms with Crippen molar-refractivity contribution in [1.29, 1.82) is 0 Å². The standard InChI is InChI=1S/C6H15NO2/c1-6(3-7,4-8)5-9-2/h8H,3-5,7H2,1-2H3. The Hall–Kier alpha value is -0.120. The molecule has 1 unspecified atom stereocenters. The van der Waals surface area contributed by atoms with Gasteiger partial charge >= 0.3 is 0 Å². The fourth-order valence-electron chi connectivity index (χ4n) is 0.518. The molecule has 0 aliphatic carbocycles. The summed E-state index contributed by atoms with van der Waals surface area (Å²) >= 11 is 0. The minimum atomic E-state index is -0.255. The first-order valence-corrected chi connectivity index (χ1v) is 2.98. The molecular weight excluding hydrogens is 118 g/mol. The molecular formula is C6H15NO2. The first-order chi connectivity index (χ1) is 4.18. The molecule has 0 aliphatic rings. The molecule has 56 valence electrons.